The Labute approximate surface area is 127 Å². The fourth-order valence-corrected chi connectivity index (χ4v) is 5.22. The maximum Gasteiger partial charge on any atom is 0.151 e. The lowest BCUT2D eigenvalue weighted by Gasteiger charge is -2.29. The van der Waals surface area contributed by atoms with Crippen molar-refractivity contribution in [2.45, 2.75) is 31.3 Å². The van der Waals surface area contributed by atoms with Crippen LogP contribution in [-0.4, -0.2) is 56.5 Å². The van der Waals surface area contributed by atoms with Crippen LogP contribution in [0, 0.1) is 0 Å². The molecule has 0 aliphatic carbocycles. The Hall–Kier alpha value is -0.910. The van der Waals surface area contributed by atoms with Crippen LogP contribution in [0.2, 0.25) is 0 Å². The van der Waals surface area contributed by atoms with Gasteiger partial charge >= 0.3 is 0 Å². The summed E-state index contributed by atoms with van der Waals surface area (Å²) in [6.07, 6.45) is 2.92. The zero-order chi connectivity index (χ0) is 14.7. The van der Waals surface area contributed by atoms with Crippen molar-refractivity contribution in [2.24, 2.45) is 0 Å². The van der Waals surface area contributed by atoms with Crippen LogP contribution < -0.4 is 5.32 Å². The second-order valence-electron chi connectivity index (χ2n) is 6.25. The SMILES string of the molecule is O=S1(=O)CCC(N2CCCNC(Cc3ccccc3)C2)C1. The molecular formula is C16H24N2O2S. The molecule has 0 spiro atoms. The van der Waals surface area contributed by atoms with Gasteiger partial charge in [0.2, 0.25) is 0 Å². The standard InChI is InChI=1S/C16H24N2O2S/c19-21(20)10-7-16(13-21)18-9-4-8-17-15(12-18)11-14-5-2-1-3-6-14/h1-3,5-6,15-17H,4,7-13H2. The highest BCUT2D eigenvalue weighted by Crippen LogP contribution is 2.20. The van der Waals surface area contributed by atoms with Crippen molar-refractivity contribution in [1.82, 2.24) is 10.2 Å². The normalized spacial score (nSPS) is 30.1. The molecule has 21 heavy (non-hydrogen) atoms. The van der Waals surface area contributed by atoms with Gasteiger partial charge in [0, 0.05) is 18.6 Å². The number of rotatable bonds is 3. The fraction of sp³-hybridized carbons (Fsp3) is 0.625. The van der Waals surface area contributed by atoms with Gasteiger partial charge in [0.15, 0.2) is 9.84 Å². The van der Waals surface area contributed by atoms with Crippen LogP contribution in [0.4, 0.5) is 0 Å². The molecule has 0 amide bonds. The molecule has 4 nitrogen and oxygen atoms in total. The third kappa shape index (κ3) is 4.05. The minimum atomic E-state index is -2.80. The van der Waals surface area contributed by atoms with Gasteiger partial charge < -0.3 is 5.32 Å². The summed E-state index contributed by atoms with van der Waals surface area (Å²) in [5.41, 5.74) is 1.34. The molecule has 0 bridgehead atoms. The van der Waals surface area contributed by atoms with Crippen molar-refractivity contribution in [3.8, 4) is 0 Å². The summed E-state index contributed by atoms with van der Waals surface area (Å²) in [7, 11) is -2.80. The van der Waals surface area contributed by atoms with Crippen molar-refractivity contribution in [3.63, 3.8) is 0 Å². The lowest BCUT2D eigenvalue weighted by molar-refractivity contribution is 0.208. The smallest absolute Gasteiger partial charge is 0.151 e. The predicted molar refractivity (Wildman–Crippen MR) is 85.2 cm³/mol. The van der Waals surface area contributed by atoms with Crippen LogP contribution in [0.3, 0.4) is 0 Å². The van der Waals surface area contributed by atoms with Crippen molar-refractivity contribution in [3.05, 3.63) is 35.9 Å². The minimum Gasteiger partial charge on any atom is -0.312 e. The molecule has 2 aliphatic rings. The highest BCUT2D eigenvalue weighted by atomic mass is 32.2. The molecule has 1 aromatic rings. The van der Waals surface area contributed by atoms with E-state index in [0.717, 1.165) is 38.9 Å². The average molecular weight is 308 g/mol. The van der Waals surface area contributed by atoms with E-state index in [4.69, 9.17) is 0 Å². The third-order valence-electron chi connectivity index (χ3n) is 4.56. The highest BCUT2D eigenvalue weighted by Gasteiger charge is 2.33. The van der Waals surface area contributed by atoms with E-state index in [2.05, 4.69) is 34.5 Å². The van der Waals surface area contributed by atoms with E-state index >= 15 is 0 Å². The van der Waals surface area contributed by atoms with E-state index in [-0.39, 0.29) is 6.04 Å². The van der Waals surface area contributed by atoms with Gasteiger partial charge in [-0.2, -0.15) is 0 Å². The average Bonchev–Trinajstić information content (AvgIpc) is 2.69. The van der Waals surface area contributed by atoms with Gasteiger partial charge in [-0.3, -0.25) is 4.90 Å². The molecule has 2 fully saturated rings. The molecule has 1 aromatic carbocycles. The first kappa shape index (κ1) is 15.0. The van der Waals surface area contributed by atoms with Crippen molar-refractivity contribution in [2.75, 3.05) is 31.1 Å². The molecule has 2 unspecified atom stereocenters. The van der Waals surface area contributed by atoms with Gasteiger partial charge in [-0.05, 0) is 37.9 Å². The van der Waals surface area contributed by atoms with Gasteiger partial charge in [-0.25, -0.2) is 8.42 Å². The first-order valence-corrected chi connectivity index (χ1v) is 9.66. The summed E-state index contributed by atoms with van der Waals surface area (Å²) in [5, 5.41) is 3.61. The number of hydrogen-bond donors (Lipinski definition) is 1. The van der Waals surface area contributed by atoms with Gasteiger partial charge in [-0.1, -0.05) is 30.3 Å². The Morgan fingerprint density at radius 1 is 1.24 bits per heavy atom. The number of sulfone groups is 1. The molecule has 5 heteroatoms. The molecule has 2 heterocycles. The lowest BCUT2D eigenvalue weighted by atomic mass is 10.1. The van der Waals surface area contributed by atoms with Gasteiger partial charge in [-0.15, -0.1) is 0 Å². The van der Waals surface area contributed by atoms with Gasteiger partial charge in [0.25, 0.3) is 0 Å². The molecule has 116 valence electrons. The van der Waals surface area contributed by atoms with Crippen molar-refractivity contribution in [1.29, 1.82) is 0 Å². The summed E-state index contributed by atoms with van der Waals surface area (Å²) in [4.78, 5) is 2.40. The number of nitrogens with zero attached hydrogens (tertiary/aromatic N) is 1. The molecule has 0 radical (unpaired) electrons. The largest absolute Gasteiger partial charge is 0.312 e. The highest BCUT2D eigenvalue weighted by molar-refractivity contribution is 7.91. The zero-order valence-corrected chi connectivity index (χ0v) is 13.2. The predicted octanol–water partition coefficient (Wildman–Crippen LogP) is 1.08. The van der Waals surface area contributed by atoms with Crippen LogP contribution >= 0.6 is 0 Å². The zero-order valence-electron chi connectivity index (χ0n) is 12.4. The molecule has 0 aromatic heterocycles. The van der Waals surface area contributed by atoms with Gasteiger partial charge in [0.05, 0.1) is 11.5 Å². The lowest BCUT2D eigenvalue weighted by Crippen LogP contribution is -2.44. The van der Waals surface area contributed by atoms with Gasteiger partial charge in [0.1, 0.15) is 0 Å². The summed E-state index contributed by atoms with van der Waals surface area (Å²) in [6, 6.07) is 11.2. The molecule has 1 N–H and O–H groups in total. The monoisotopic (exact) mass is 308 g/mol. The van der Waals surface area contributed by atoms with E-state index in [0.29, 0.717) is 17.5 Å². The molecule has 3 rings (SSSR count). The van der Waals surface area contributed by atoms with E-state index in [1.165, 1.54) is 5.56 Å². The van der Waals surface area contributed by atoms with Crippen LogP contribution in [0.25, 0.3) is 0 Å². The number of nitrogens with one attached hydrogen (secondary N) is 1. The topological polar surface area (TPSA) is 49.4 Å². The Balaban J connectivity index is 1.64. The molecule has 2 aliphatic heterocycles. The summed E-state index contributed by atoms with van der Waals surface area (Å²) >= 11 is 0. The van der Waals surface area contributed by atoms with Crippen molar-refractivity contribution < 1.29 is 8.42 Å². The number of benzene rings is 1. The molecule has 0 saturated carbocycles. The van der Waals surface area contributed by atoms with Crippen LogP contribution in [0.1, 0.15) is 18.4 Å². The first-order valence-electron chi connectivity index (χ1n) is 7.84. The second-order valence-corrected chi connectivity index (χ2v) is 8.47. The maximum absolute atomic E-state index is 11.7. The Kier molecular flexibility index (Phi) is 4.62. The third-order valence-corrected chi connectivity index (χ3v) is 6.31. The summed E-state index contributed by atoms with van der Waals surface area (Å²) in [6.45, 7) is 2.99. The second kappa shape index (κ2) is 6.46. The quantitative estimate of drug-likeness (QED) is 0.908. The molecular weight excluding hydrogens is 284 g/mol. The van der Waals surface area contributed by atoms with Crippen LogP contribution in [-0.2, 0) is 16.3 Å². The van der Waals surface area contributed by atoms with Crippen molar-refractivity contribution >= 4 is 9.84 Å². The van der Waals surface area contributed by atoms with Crippen LogP contribution in [0.5, 0.6) is 0 Å². The van der Waals surface area contributed by atoms with E-state index in [1.807, 2.05) is 6.07 Å². The molecule has 2 atom stereocenters. The fourth-order valence-electron chi connectivity index (χ4n) is 3.46. The van der Waals surface area contributed by atoms with E-state index in [1.54, 1.807) is 0 Å². The Morgan fingerprint density at radius 2 is 2.05 bits per heavy atom. The van der Waals surface area contributed by atoms with E-state index in [9.17, 15) is 8.42 Å². The number of hydrogen-bond acceptors (Lipinski definition) is 4. The Bertz CT molecular complexity index is 559. The molecule has 2 saturated heterocycles. The minimum absolute atomic E-state index is 0.230. The van der Waals surface area contributed by atoms with Crippen LogP contribution in [0.15, 0.2) is 30.3 Å². The Morgan fingerprint density at radius 3 is 2.76 bits per heavy atom. The summed E-state index contributed by atoms with van der Waals surface area (Å²) in [5.74, 6) is 0.718. The first-order chi connectivity index (χ1) is 10.1. The summed E-state index contributed by atoms with van der Waals surface area (Å²) < 4.78 is 23.4. The van der Waals surface area contributed by atoms with E-state index < -0.39 is 9.84 Å². The maximum atomic E-state index is 11.7.